The second kappa shape index (κ2) is 4.51. The lowest BCUT2D eigenvalue weighted by Crippen LogP contribution is -2.46. The van der Waals surface area contributed by atoms with E-state index in [1.54, 1.807) is 6.33 Å². The van der Waals surface area contributed by atoms with Crippen LogP contribution in [0, 0.1) is 6.92 Å². The summed E-state index contributed by atoms with van der Waals surface area (Å²) in [6.07, 6.45) is 10.1. The van der Waals surface area contributed by atoms with Crippen LogP contribution < -0.4 is 4.90 Å². The minimum absolute atomic E-state index is 0.428. The number of rotatable bonds is 3. The fraction of sp³-hybridized carbons (Fsp3) is 0.467. The van der Waals surface area contributed by atoms with Crippen LogP contribution >= 0.6 is 0 Å². The SMILES string of the molecule is Cc1cncnc1N1CC(c2ncc(C3CC3)cn2)C1. The molecule has 1 aliphatic heterocycles. The number of aryl methyl sites for hydroxylation is 1. The van der Waals surface area contributed by atoms with Crippen LogP contribution in [0.3, 0.4) is 0 Å². The van der Waals surface area contributed by atoms with Gasteiger partial charge in [-0.3, -0.25) is 0 Å². The van der Waals surface area contributed by atoms with Crippen molar-refractivity contribution in [3.63, 3.8) is 0 Å². The first-order chi connectivity index (χ1) is 9.81. The Hall–Kier alpha value is -2.04. The van der Waals surface area contributed by atoms with Crippen molar-refractivity contribution in [2.45, 2.75) is 31.6 Å². The minimum atomic E-state index is 0.428. The lowest BCUT2D eigenvalue weighted by atomic mass is 9.98. The Morgan fingerprint density at radius 1 is 1.00 bits per heavy atom. The molecule has 2 aromatic rings. The molecule has 0 radical (unpaired) electrons. The van der Waals surface area contributed by atoms with Gasteiger partial charge in [0.15, 0.2) is 0 Å². The first-order valence-corrected chi connectivity index (χ1v) is 7.14. The van der Waals surface area contributed by atoms with Crippen LogP contribution in [0.4, 0.5) is 5.82 Å². The van der Waals surface area contributed by atoms with Crippen molar-refractivity contribution in [2.75, 3.05) is 18.0 Å². The van der Waals surface area contributed by atoms with Crippen molar-refractivity contribution in [3.05, 3.63) is 41.9 Å². The van der Waals surface area contributed by atoms with Crippen LogP contribution in [0.5, 0.6) is 0 Å². The van der Waals surface area contributed by atoms with Gasteiger partial charge in [0.05, 0.1) is 5.92 Å². The molecule has 0 bridgehead atoms. The van der Waals surface area contributed by atoms with Crippen molar-refractivity contribution >= 4 is 5.82 Å². The topological polar surface area (TPSA) is 54.8 Å². The normalized spacial score (nSPS) is 18.9. The van der Waals surface area contributed by atoms with E-state index in [9.17, 15) is 0 Å². The molecule has 0 N–H and O–H groups in total. The molecule has 0 aromatic carbocycles. The minimum Gasteiger partial charge on any atom is -0.355 e. The predicted octanol–water partition coefficient (Wildman–Crippen LogP) is 2.06. The van der Waals surface area contributed by atoms with Crippen molar-refractivity contribution in [1.29, 1.82) is 0 Å². The fourth-order valence-electron chi connectivity index (χ4n) is 2.72. The molecule has 1 saturated heterocycles. The molecule has 1 saturated carbocycles. The average molecular weight is 267 g/mol. The maximum atomic E-state index is 4.54. The summed E-state index contributed by atoms with van der Waals surface area (Å²) in [5.41, 5.74) is 2.42. The zero-order valence-electron chi connectivity index (χ0n) is 11.5. The van der Waals surface area contributed by atoms with E-state index in [0.29, 0.717) is 5.92 Å². The van der Waals surface area contributed by atoms with E-state index in [-0.39, 0.29) is 0 Å². The molecule has 5 nitrogen and oxygen atoms in total. The molecule has 2 aromatic heterocycles. The Morgan fingerprint density at radius 3 is 2.40 bits per heavy atom. The Balaban J connectivity index is 1.44. The molecule has 2 aliphatic rings. The predicted molar refractivity (Wildman–Crippen MR) is 75.7 cm³/mol. The van der Waals surface area contributed by atoms with Crippen LogP contribution in [-0.2, 0) is 0 Å². The zero-order valence-corrected chi connectivity index (χ0v) is 11.5. The Morgan fingerprint density at radius 2 is 1.75 bits per heavy atom. The fourth-order valence-corrected chi connectivity index (χ4v) is 2.72. The highest BCUT2D eigenvalue weighted by atomic mass is 15.3. The summed E-state index contributed by atoms with van der Waals surface area (Å²) in [6, 6.07) is 0. The maximum absolute atomic E-state index is 4.54. The van der Waals surface area contributed by atoms with Crippen molar-refractivity contribution in [1.82, 2.24) is 19.9 Å². The molecule has 0 unspecified atom stereocenters. The third-order valence-electron chi connectivity index (χ3n) is 4.15. The van der Waals surface area contributed by atoms with Crippen molar-refractivity contribution < 1.29 is 0 Å². The van der Waals surface area contributed by atoms with Gasteiger partial charge in [-0.25, -0.2) is 19.9 Å². The molecule has 20 heavy (non-hydrogen) atoms. The third-order valence-corrected chi connectivity index (χ3v) is 4.15. The van der Waals surface area contributed by atoms with Gasteiger partial charge in [0.2, 0.25) is 0 Å². The summed E-state index contributed by atoms with van der Waals surface area (Å²) >= 11 is 0. The van der Waals surface area contributed by atoms with Crippen molar-refractivity contribution in [2.24, 2.45) is 0 Å². The van der Waals surface area contributed by atoms with E-state index in [4.69, 9.17) is 0 Å². The molecule has 102 valence electrons. The van der Waals surface area contributed by atoms with Crippen molar-refractivity contribution in [3.8, 4) is 0 Å². The molecular formula is C15H17N5. The van der Waals surface area contributed by atoms with Gasteiger partial charge in [-0.15, -0.1) is 0 Å². The number of nitrogens with zero attached hydrogens (tertiary/aromatic N) is 5. The lowest BCUT2D eigenvalue weighted by Gasteiger charge is -2.39. The molecule has 0 spiro atoms. The van der Waals surface area contributed by atoms with Crippen LogP contribution in [0.1, 0.15) is 41.6 Å². The van der Waals surface area contributed by atoms with Crippen LogP contribution in [0.15, 0.2) is 24.9 Å². The second-order valence-electron chi connectivity index (χ2n) is 5.78. The summed E-state index contributed by atoms with van der Waals surface area (Å²) in [6.45, 7) is 3.94. The average Bonchev–Trinajstić information content (AvgIpc) is 3.24. The molecule has 0 amide bonds. The van der Waals surface area contributed by atoms with E-state index < -0.39 is 0 Å². The van der Waals surface area contributed by atoms with Crippen LogP contribution in [0.2, 0.25) is 0 Å². The lowest BCUT2D eigenvalue weighted by molar-refractivity contribution is 0.494. The summed E-state index contributed by atoms with van der Waals surface area (Å²) < 4.78 is 0. The number of hydrogen-bond donors (Lipinski definition) is 0. The van der Waals surface area contributed by atoms with Gasteiger partial charge in [0, 0.05) is 37.2 Å². The summed E-state index contributed by atoms with van der Waals surface area (Å²) in [4.78, 5) is 19.7. The zero-order chi connectivity index (χ0) is 13.5. The van der Waals surface area contributed by atoms with Gasteiger partial charge in [-0.2, -0.15) is 0 Å². The standard InChI is InChI=1S/C15H17N5/c1-10-4-16-9-19-15(10)20-7-13(8-20)14-17-5-12(6-18-14)11-2-3-11/h4-6,9,11,13H,2-3,7-8H2,1H3. The van der Waals surface area contributed by atoms with E-state index in [1.165, 1.54) is 18.4 Å². The van der Waals surface area contributed by atoms with Crippen LogP contribution in [0.25, 0.3) is 0 Å². The van der Waals surface area contributed by atoms with Gasteiger partial charge in [0.1, 0.15) is 18.0 Å². The monoisotopic (exact) mass is 267 g/mol. The molecular weight excluding hydrogens is 250 g/mol. The molecule has 4 rings (SSSR count). The van der Waals surface area contributed by atoms with E-state index in [2.05, 4.69) is 24.8 Å². The Bertz CT molecular complexity index is 614. The Kier molecular flexibility index (Phi) is 2.65. The van der Waals surface area contributed by atoms with E-state index in [1.807, 2.05) is 25.5 Å². The number of anilines is 1. The number of aromatic nitrogens is 4. The third kappa shape index (κ3) is 2.03. The molecule has 3 heterocycles. The van der Waals surface area contributed by atoms with Gasteiger partial charge < -0.3 is 4.90 Å². The van der Waals surface area contributed by atoms with Gasteiger partial charge in [-0.1, -0.05) is 0 Å². The molecule has 1 aliphatic carbocycles. The highest BCUT2D eigenvalue weighted by molar-refractivity contribution is 5.48. The Labute approximate surface area is 118 Å². The number of hydrogen-bond acceptors (Lipinski definition) is 5. The highest BCUT2D eigenvalue weighted by Crippen LogP contribution is 2.39. The maximum Gasteiger partial charge on any atom is 0.134 e. The summed E-state index contributed by atoms with van der Waals surface area (Å²) in [5, 5.41) is 0. The first kappa shape index (κ1) is 11.8. The van der Waals surface area contributed by atoms with Gasteiger partial charge >= 0.3 is 0 Å². The quantitative estimate of drug-likeness (QED) is 0.852. The van der Waals surface area contributed by atoms with E-state index >= 15 is 0 Å². The second-order valence-corrected chi connectivity index (χ2v) is 5.78. The highest BCUT2D eigenvalue weighted by Gasteiger charge is 2.32. The van der Waals surface area contributed by atoms with Gasteiger partial charge in [0.25, 0.3) is 0 Å². The molecule has 2 fully saturated rings. The first-order valence-electron chi connectivity index (χ1n) is 7.14. The summed E-state index contributed by atoms with van der Waals surface area (Å²) in [5.74, 6) is 3.16. The summed E-state index contributed by atoms with van der Waals surface area (Å²) in [7, 11) is 0. The molecule has 5 heteroatoms. The smallest absolute Gasteiger partial charge is 0.134 e. The molecule has 0 atom stereocenters. The van der Waals surface area contributed by atoms with Crippen LogP contribution in [-0.4, -0.2) is 33.0 Å². The largest absolute Gasteiger partial charge is 0.355 e. The van der Waals surface area contributed by atoms with Gasteiger partial charge in [-0.05, 0) is 31.2 Å². The van der Waals surface area contributed by atoms with E-state index in [0.717, 1.165) is 36.2 Å².